The van der Waals surface area contributed by atoms with E-state index in [2.05, 4.69) is 5.32 Å². The molecule has 7 heteroatoms. The monoisotopic (exact) mass is 388 g/mol. The number of nitrogens with zero attached hydrogens (tertiary/aromatic N) is 1. The number of likely N-dealkylation sites (tertiary alicyclic amines) is 1. The molecule has 0 aromatic heterocycles. The normalized spacial score (nSPS) is 18.4. The standard InChI is InChI=1S/C21H28N2O5/c24-19(10-13-28-17-4-2-1-3-5-17)23-11-8-16(9-12-23)20(25)22-18(21(26)27)14-15-6-7-15/h1-5,15-16,18H,6-14H2,(H,22,25)(H,26,27). The third-order valence-corrected chi connectivity index (χ3v) is 5.43. The molecule has 7 nitrogen and oxygen atoms in total. The maximum atomic E-state index is 12.4. The van der Waals surface area contributed by atoms with E-state index in [1.54, 1.807) is 4.90 Å². The lowest BCUT2D eigenvalue weighted by molar-refractivity contribution is -0.143. The van der Waals surface area contributed by atoms with E-state index in [0.717, 1.165) is 18.6 Å². The Morgan fingerprint density at radius 3 is 2.39 bits per heavy atom. The van der Waals surface area contributed by atoms with E-state index in [1.807, 2.05) is 30.3 Å². The third kappa shape index (κ3) is 5.97. The average Bonchev–Trinajstić information content (AvgIpc) is 3.52. The second-order valence-electron chi connectivity index (χ2n) is 7.65. The van der Waals surface area contributed by atoms with E-state index in [1.165, 1.54) is 0 Å². The largest absolute Gasteiger partial charge is 0.493 e. The smallest absolute Gasteiger partial charge is 0.326 e. The molecule has 1 saturated carbocycles. The molecule has 1 aliphatic heterocycles. The molecule has 2 aliphatic rings. The van der Waals surface area contributed by atoms with Crippen molar-refractivity contribution >= 4 is 17.8 Å². The van der Waals surface area contributed by atoms with Gasteiger partial charge >= 0.3 is 5.97 Å². The van der Waals surface area contributed by atoms with E-state index >= 15 is 0 Å². The maximum absolute atomic E-state index is 12.4. The Kier molecular flexibility index (Phi) is 6.90. The minimum atomic E-state index is -0.966. The quantitative estimate of drug-likeness (QED) is 0.675. The molecule has 152 valence electrons. The van der Waals surface area contributed by atoms with Crippen molar-refractivity contribution in [2.75, 3.05) is 19.7 Å². The van der Waals surface area contributed by atoms with Gasteiger partial charge in [0, 0.05) is 19.0 Å². The zero-order chi connectivity index (χ0) is 19.9. The van der Waals surface area contributed by atoms with E-state index in [4.69, 9.17) is 4.74 Å². The zero-order valence-corrected chi connectivity index (χ0v) is 16.0. The number of nitrogens with one attached hydrogen (secondary N) is 1. The molecule has 28 heavy (non-hydrogen) atoms. The van der Waals surface area contributed by atoms with Crippen molar-refractivity contribution in [3.8, 4) is 5.75 Å². The third-order valence-electron chi connectivity index (χ3n) is 5.43. The van der Waals surface area contributed by atoms with Crippen molar-refractivity contribution in [3.63, 3.8) is 0 Å². The summed E-state index contributed by atoms with van der Waals surface area (Å²) < 4.78 is 5.56. The van der Waals surface area contributed by atoms with Crippen LogP contribution in [0.4, 0.5) is 0 Å². The molecule has 0 spiro atoms. The number of carbonyl (C=O) groups is 3. The van der Waals surface area contributed by atoms with Crippen molar-refractivity contribution in [2.24, 2.45) is 11.8 Å². The highest BCUT2D eigenvalue weighted by molar-refractivity contribution is 5.85. The lowest BCUT2D eigenvalue weighted by atomic mass is 9.95. The molecular formula is C21H28N2O5. The number of para-hydroxylation sites is 1. The van der Waals surface area contributed by atoms with Gasteiger partial charge in [-0.3, -0.25) is 9.59 Å². The number of ether oxygens (including phenoxy) is 1. The van der Waals surface area contributed by atoms with Gasteiger partial charge in [-0.15, -0.1) is 0 Å². The Labute approximate surface area is 165 Å². The fourth-order valence-corrected chi connectivity index (χ4v) is 3.52. The number of aliphatic carboxylic acids is 1. The molecule has 1 aromatic rings. The number of hydrogen-bond donors (Lipinski definition) is 2. The van der Waals surface area contributed by atoms with Crippen LogP contribution in [0, 0.1) is 11.8 Å². The summed E-state index contributed by atoms with van der Waals surface area (Å²) in [5.41, 5.74) is 0. The molecule has 1 atom stereocenters. The van der Waals surface area contributed by atoms with E-state index in [9.17, 15) is 19.5 Å². The SMILES string of the molecule is O=C(NC(CC1CC1)C(=O)O)C1CCN(C(=O)CCOc2ccccc2)CC1. The number of benzene rings is 1. The molecular weight excluding hydrogens is 360 g/mol. The maximum Gasteiger partial charge on any atom is 0.326 e. The summed E-state index contributed by atoms with van der Waals surface area (Å²) in [5, 5.41) is 12.0. The molecule has 1 aromatic carbocycles. The summed E-state index contributed by atoms with van der Waals surface area (Å²) in [6, 6.07) is 8.57. The van der Waals surface area contributed by atoms with Crippen LogP contribution in [0.15, 0.2) is 30.3 Å². The molecule has 2 N–H and O–H groups in total. The number of amides is 2. The predicted octanol–water partition coefficient (Wildman–Crippen LogP) is 2.06. The van der Waals surface area contributed by atoms with Gasteiger partial charge in [-0.1, -0.05) is 31.0 Å². The van der Waals surface area contributed by atoms with Crippen molar-refractivity contribution in [3.05, 3.63) is 30.3 Å². The summed E-state index contributed by atoms with van der Waals surface area (Å²) in [7, 11) is 0. The van der Waals surface area contributed by atoms with Crippen LogP contribution in [0.1, 0.15) is 38.5 Å². The number of carboxylic acid groups (broad SMARTS) is 1. The zero-order valence-electron chi connectivity index (χ0n) is 16.0. The Hall–Kier alpha value is -2.57. The fraction of sp³-hybridized carbons (Fsp3) is 0.571. The molecule has 1 aliphatic carbocycles. The van der Waals surface area contributed by atoms with Crippen molar-refractivity contribution in [1.82, 2.24) is 10.2 Å². The molecule has 3 rings (SSSR count). The van der Waals surface area contributed by atoms with Crippen molar-refractivity contribution in [1.29, 1.82) is 0 Å². The van der Waals surface area contributed by atoms with Gasteiger partial charge in [-0.2, -0.15) is 0 Å². The second kappa shape index (κ2) is 9.57. The topological polar surface area (TPSA) is 95.9 Å². The van der Waals surface area contributed by atoms with Crippen molar-refractivity contribution < 1.29 is 24.2 Å². The van der Waals surface area contributed by atoms with E-state index in [-0.39, 0.29) is 17.7 Å². The van der Waals surface area contributed by atoms with Gasteiger partial charge < -0.3 is 20.1 Å². The number of carbonyl (C=O) groups excluding carboxylic acids is 2. The van der Waals surface area contributed by atoms with Gasteiger partial charge in [-0.25, -0.2) is 4.79 Å². The summed E-state index contributed by atoms with van der Waals surface area (Å²) in [6.07, 6.45) is 4.04. The van der Waals surface area contributed by atoms with Gasteiger partial charge in [0.15, 0.2) is 0 Å². The lowest BCUT2D eigenvalue weighted by Crippen LogP contribution is -2.47. The lowest BCUT2D eigenvalue weighted by Gasteiger charge is -2.32. The minimum Gasteiger partial charge on any atom is -0.493 e. The van der Waals surface area contributed by atoms with Crippen molar-refractivity contribution in [2.45, 2.75) is 44.6 Å². The first-order chi connectivity index (χ1) is 13.5. The molecule has 1 unspecified atom stereocenters. The summed E-state index contributed by atoms with van der Waals surface area (Å²) in [4.78, 5) is 37.9. The first-order valence-corrected chi connectivity index (χ1v) is 10.0. The Balaban J connectivity index is 1.37. The fourth-order valence-electron chi connectivity index (χ4n) is 3.52. The number of hydrogen-bond acceptors (Lipinski definition) is 4. The number of rotatable bonds is 9. The van der Waals surface area contributed by atoms with Gasteiger partial charge in [0.1, 0.15) is 11.8 Å². The minimum absolute atomic E-state index is 0.0203. The average molecular weight is 388 g/mol. The Morgan fingerprint density at radius 1 is 1.11 bits per heavy atom. The molecule has 2 amide bonds. The molecule has 0 radical (unpaired) electrons. The first kappa shape index (κ1) is 20.2. The highest BCUT2D eigenvalue weighted by Gasteiger charge is 2.33. The first-order valence-electron chi connectivity index (χ1n) is 10.0. The van der Waals surface area contributed by atoms with Crippen LogP contribution in [-0.4, -0.2) is 53.5 Å². The van der Waals surface area contributed by atoms with Gasteiger partial charge in [0.25, 0.3) is 0 Å². The van der Waals surface area contributed by atoms with Gasteiger partial charge in [-0.05, 0) is 37.3 Å². The van der Waals surface area contributed by atoms with E-state index < -0.39 is 12.0 Å². The number of piperidine rings is 1. The number of carboxylic acids is 1. The van der Waals surface area contributed by atoms with Crippen LogP contribution in [0.2, 0.25) is 0 Å². The second-order valence-corrected chi connectivity index (χ2v) is 7.65. The van der Waals surface area contributed by atoms with Crippen LogP contribution in [0.25, 0.3) is 0 Å². The molecule has 0 bridgehead atoms. The summed E-state index contributed by atoms with van der Waals surface area (Å²) >= 11 is 0. The summed E-state index contributed by atoms with van der Waals surface area (Å²) in [5.74, 6) is -0.208. The molecule has 2 fully saturated rings. The molecule has 1 heterocycles. The van der Waals surface area contributed by atoms with Crippen LogP contribution < -0.4 is 10.1 Å². The van der Waals surface area contributed by atoms with Gasteiger partial charge in [0.2, 0.25) is 11.8 Å². The van der Waals surface area contributed by atoms with Crippen LogP contribution >= 0.6 is 0 Å². The highest BCUT2D eigenvalue weighted by atomic mass is 16.5. The molecule has 1 saturated heterocycles. The predicted molar refractivity (Wildman–Crippen MR) is 103 cm³/mol. The Morgan fingerprint density at radius 2 is 1.79 bits per heavy atom. The van der Waals surface area contributed by atoms with E-state index in [0.29, 0.717) is 51.3 Å². The Bertz CT molecular complexity index is 681. The van der Waals surface area contributed by atoms with Gasteiger partial charge in [0.05, 0.1) is 13.0 Å². The van der Waals surface area contributed by atoms with Crippen LogP contribution in [-0.2, 0) is 14.4 Å². The van der Waals surface area contributed by atoms with Crippen LogP contribution in [0.3, 0.4) is 0 Å². The van der Waals surface area contributed by atoms with Crippen LogP contribution in [0.5, 0.6) is 5.75 Å². The summed E-state index contributed by atoms with van der Waals surface area (Å²) in [6.45, 7) is 1.36. The highest BCUT2D eigenvalue weighted by Crippen LogP contribution is 2.33.